The molecule has 28 heavy (non-hydrogen) atoms. The van der Waals surface area contributed by atoms with E-state index in [4.69, 9.17) is 9.47 Å². The maximum atomic E-state index is 12.4. The van der Waals surface area contributed by atoms with Crippen LogP contribution in [0.3, 0.4) is 0 Å². The summed E-state index contributed by atoms with van der Waals surface area (Å²) < 4.78 is 10.8. The zero-order valence-corrected chi connectivity index (χ0v) is 15.0. The van der Waals surface area contributed by atoms with Gasteiger partial charge in [-0.2, -0.15) is 0 Å². The Morgan fingerprint density at radius 3 is 2.21 bits per heavy atom. The van der Waals surface area contributed by atoms with Gasteiger partial charge in [0, 0.05) is 12.3 Å². The number of pyridine rings is 1. The Labute approximate surface area is 161 Å². The van der Waals surface area contributed by atoms with Gasteiger partial charge in [-0.25, -0.2) is 9.78 Å². The molecule has 2 aliphatic rings. The summed E-state index contributed by atoms with van der Waals surface area (Å²) >= 11 is 0. The van der Waals surface area contributed by atoms with Crippen LogP contribution in [0.1, 0.15) is 12.8 Å². The summed E-state index contributed by atoms with van der Waals surface area (Å²) in [6.07, 6.45) is 6.52. The van der Waals surface area contributed by atoms with Gasteiger partial charge < -0.3 is 9.47 Å². The molecule has 7 nitrogen and oxygen atoms in total. The van der Waals surface area contributed by atoms with E-state index in [0.29, 0.717) is 30.2 Å². The molecule has 2 amide bonds. The van der Waals surface area contributed by atoms with E-state index in [1.54, 1.807) is 42.6 Å². The van der Waals surface area contributed by atoms with E-state index in [-0.39, 0.29) is 30.2 Å². The van der Waals surface area contributed by atoms with Gasteiger partial charge in [0.2, 0.25) is 17.7 Å². The van der Waals surface area contributed by atoms with E-state index in [1.807, 2.05) is 18.2 Å². The van der Waals surface area contributed by atoms with Gasteiger partial charge in [0.05, 0.1) is 11.8 Å². The smallest absolute Gasteiger partial charge is 0.331 e. The van der Waals surface area contributed by atoms with Gasteiger partial charge in [0.15, 0.2) is 0 Å². The van der Waals surface area contributed by atoms with Crippen molar-refractivity contribution in [2.45, 2.75) is 12.8 Å². The van der Waals surface area contributed by atoms with Crippen molar-refractivity contribution in [1.82, 2.24) is 9.88 Å². The molecule has 0 saturated carbocycles. The van der Waals surface area contributed by atoms with Crippen molar-refractivity contribution in [2.24, 2.45) is 11.8 Å². The molecule has 2 atom stereocenters. The van der Waals surface area contributed by atoms with Crippen molar-refractivity contribution in [2.75, 3.05) is 6.54 Å². The molecule has 4 rings (SSSR count). The Morgan fingerprint density at radius 2 is 1.61 bits per heavy atom. The average molecular weight is 378 g/mol. The third-order valence-corrected chi connectivity index (χ3v) is 4.80. The predicted octanol–water partition coefficient (Wildman–Crippen LogP) is 2.73. The number of carbonyl (C=O) groups excluding carboxylic acids is 3. The minimum absolute atomic E-state index is 0.296. The van der Waals surface area contributed by atoms with Crippen LogP contribution < -0.4 is 9.47 Å². The van der Waals surface area contributed by atoms with Crippen molar-refractivity contribution < 1.29 is 23.9 Å². The quantitative estimate of drug-likeness (QED) is 0.344. The normalized spacial score (nSPS) is 20.8. The van der Waals surface area contributed by atoms with E-state index in [0.717, 1.165) is 4.90 Å². The van der Waals surface area contributed by atoms with Crippen LogP contribution in [-0.4, -0.2) is 34.2 Å². The third-order valence-electron chi connectivity index (χ3n) is 4.80. The molecule has 142 valence electrons. The third kappa shape index (κ3) is 3.64. The van der Waals surface area contributed by atoms with Crippen LogP contribution in [0.5, 0.6) is 17.4 Å². The van der Waals surface area contributed by atoms with Crippen LogP contribution in [0.4, 0.5) is 0 Å². The summed E-state index contributed by atoms with van der Waals surface area (Å²) in [7, 11) is 0. The second-order valence-corrected chi connectivity index (χ2v) is 6.63. The average Bonchev–Trinajstić information content (AvgIpc) is 2.95. The highest BCUT2D eigenvalue weighted by atomic mass is 16.5. The molecule has 0 radical (unpaired) electrons. The number of imide groups is 1. The summed E-state index contributed by atoms with van der Waals surface area (Å²) in [6.45, 7) is -0.378. The Morgan fingerprint density at radius 1 is 0.964 bits per heavy atom. The molecule has 0 bridgehead atoms. The fourth-order valence-electron chi connectivity index (χ4n) is 3.42. The van der Waals surface area contributed by atoms with Gasteiger partial charge in [-0.15, -0.1) is 0 Å². The molecule has 0 spiro atoms. The van der Waals surface area contributed by atoms with E-state index in [9.17, 15) is 14.4 Å². The highest BCUT2D eigenvalue weighted by Crippen LogP contribution is 2.35. The number of carbonyl (C=O) groups is 3. The molecule has 1 aliphatic carbocycles. The number of likely N-dealkylation sites (tertiary alicyclic amines) is 1. The maximum Gasteiger partial charge on any atom is 0.331 e. The number of esters is 1. The number of rotatable bonds is 5. The van der Waals surface area contributed by atoms with E-state index >= 15 is 0 Å². The minimum atomic E-state index is -0.660. The van der Waals surface area contributed by atoms with Gasteiger partial charge >= 0.3 is 5.97 Å². The molecule has 0 N–H and O–H groups in total. The Balaban J connectivity index is 1.35. The summed E-state index contributed by atoms with van der Waals surface area (Å²) in [6, 6.07) is 11.8. The Bertz CT molecular complexity index is 898. The first-order valence-corrected chi connectivity index (χ1v) is 9.01. The topological polar surface area (TPSA) is 85.8 Å². The largest absolute Gasteiger partial charge is 0.439 e. The van der Waals surface area contributed by atoms with Crippen molar-refractivity contribution in [3.63, 3.8) is 0 Å². The number of hydrogen-bond donors (Lipinski definition) is 0. The zero-order valence-electron chi connectivity index (χ0n) is 15.0. The molecule has 1 saturated heterocycles. The standard InChI is InChI=1S/C21H18N2O5/c24-19(13-23-20(25)16-5-1-2-6-17(16)21(23)26)28-15-10-8-14(9-11-15)27-18-7-3-4-12-22-18/h1-4,7-12,16-17H,5-6,13H2. The fourth-order valence-corrected chi connectivity index (χ4v) is 3.42. The molecule has 1 aromatic carbocycles. The zero-order chi connectivity index (χ0) is 19.5. The number of allylic oxidation sites excluding steroid dienone is 2. The number of amides is 2. The van der Waals surface area contributed by atoms with Gasteiger partial charge in [0.25, 0.3) is 0 Å². The first kappa shape index (κ1) is 17.9. The van der Waals surface area contributed by atoms with E-state index < -0.39 is 5.97 Å². The van der Waals surface area contributed by atoms with Crippen LogP contribution in [0.15, 0.2) is 60.8 Å². The summed E-state index contributed by atoms with van der Waals surface area (Å²) in [5, 5.41) is 0. The lowest BCUT2D eigenvalue weighted by atomic mass is 9.85. The van der Waals surface area contributed by atoms with Crippen LogP contribution in [0.2, 0.25) is 0 Å². The first-order chi connectivity index (χ1) is 13.6. The molecule has 2 unspecified atom stereocenters. The molecule has 7 heteroatoms. The van der Waals surface area contributed by atoms with Gasteiger partial charge in [-0.05, 0) is 43.2 Å². The van der Waals surface area contributed by atoms with Crippen LogP contribution in [-0.2, 0) is 14.4 Å². The second-order valence-electron chi connectivity index (χ2n) is 6.63. The first-order valence-electron chi connectivity index (χ1n) is 9.01. The highest BCUT2D eigenvalue weighted by molar-refractivity contribution is 6.07. The summed E-state index contributed by atoms with van der Waals surface area (Å²) in [5.74, 6) is -0.662. The lowest BCUT2D eigenvalue weighted by Gasteiger charge is -2.14. The molecule has 2 aromatic rings. The lowest BCUT2D eigenvalue weighted by Crippen LogP contribution is -2.37. The Kier molecular flexibility index (Phi) is 4.89. The van der Waals surface area contributed by atoms with Crippen molar-refractivity contribution in [3.05, 3.63) is 60.8 Å². The van der Waals surface area contributed by atoms with E-state index in [1.165, 1.54) is 0 Å². The summed E-state index contributed by atoms with van der Waals surface area (Å²) in [4.78, 5) is 42.1. The van der Waals surface area contributed by atoms with Crippen LogP contribution >= 0.6 is 0 Å². The van der Waals surface area contributed by atoms with Crippen LogP contribution in [0.25, 0.3) is 0 Å². The molecule has 2 heterocycles. The highest BCUT2D eigenvalue weighted by Gasteiger charge is 2.47. The van der Waals surface area contributed by atoms with Crippen molar-refractivity contribution in [3.8, 4) is 17.4 Å². The van der Waals surface area contributed by atoms with Crippen LogP contribution in [0, 0.1) is 11.8 Å². The lowest BCUT2D eigenvalue weighted by molar-refractivity contribution is -0.148. The van der Waals surface area contributed by atoms with Gasteiger partial charge in [-0.3, -0.25) is 14.5 Å². The molecule has 1 aliphatic heterocycles. The number of nitrogens with zero attached hydrogens (tertiary/aromatic N) is 2. The monoisotopic (exact) mass is 378 g/mol. The van der Waals surface area contributed by atoms with E-state index in [2.05, 4.69) is 4.98 Å². The maximum absolute atomic E-state index is 12.4. The van der Waals surface area contributed by atoms with Crippen molar-refractivity contribution >= 4 is 17.8 Å². The molecule has 1 aromatic heterocycles. The Hall–Kier alpha value is -3.48. The summed E-state index contributed by atoms with van der Waals surface area (Å²) in [5.41, 5.74) is 0. The fraction of sp³-hybridized carbons (Fsp3) is 0.238. The molecular weight excluding hydrogens is 360 g/mol. The number of ether oxygens (including phenoxy) is 2. The van der Waals surface area contributed by atoms with Gasteiger partial charge in [0.1, 0.15) is 18.0 Å². The SMILES string of the molecule is O=C(CN1C(=O)C2CC=CCC2C1=O)Oc1ccc(Oc2ccccn2)cc1. The molecular formula is C21H18N2O5. The van der Waals surface area contributed by atoms with Gasteiger partial charge in [-0.1, -0.05) is 18.2 Å². The predicted molar refractivity (Wildman–Crippen MR) is 98.5 cm³/mol. The number of aromatic nitrogens is 1. The second kappa shape index (κ2) is 7.64. The number of benzene rings is 1. The minimum Gasteiger partial charge on any atom is -0.439 e. The number of hydrogen-bond acceptors (Lipinski definition) is 6. The molecule has 1 fully saturated rings. The van der Waals surface area contributed by atoms with Crippen molar-refractivity contribution in [1.29, 1.82) is 0 Å². The number of fused-ring (bicyclic) bond motifs is 1.